The molecule has 0 fully saturated rings. The monoisotopic (exact) mass is 370 g/mol. The average Bonchev–Trinajstić information content (AvgIpc) is 2.59. The van der Waals surface area contributed by atoms with E-state index < -0.39 is 7.92 Å². The first-order chi connectivity index (χ1) is 12.3. The van der Waals surface area contributed by atoms with Crippen molar-refractivity contribution in [3.63, 3.8) is 0 Å². The van der Waals surface area contributed by atoms with Crippen LogP contribution in [0.15, 0.2) is 60.7 Å². The van der Waals surface area contributed by atoms with Crippen LogP contribution in [0.4, 0.5) is 0 Å². The molecule has 0 aliphatic rings. The van der Waals surface area contributed by atoms with Gasteiger partial charge in [0, 0.05) is 5.78 Å². The van der Waals surface area contributed by atoms with Crippen molar-refractivity contribution in [3.8, 4) is 0 Å². The van der Waals surface area contributed by atoms with Crippen molar-refractivity contribution in [3.05, 3.63) is 60.7 Å². The molecule has 2 aromatic rings. The van der Waals surface area contributed by atoms with Gasteiger partial charge in [-0.3, -0.25) is 4.90 Å². The highest BCUT2D eigenvalue weighted by Gasteiger charge is 2.36. The number of rotatable bonds is 8. The molecule has 0 bridgehead atoms. The largest absolute Gasteiger partial charge is 0.309 e. The van der Waals surface area contributed by atoms with Crippen LogP contribution >= 0.6 is 7.92 Å². The summed E-state index contributed by atoms with van der Waals surface area (Å²) in [7, 11) is 6.16. The van der Waals surface area contributed by atoms with Gasteiger partial charge in [-0.2, -0.15) is 0 Å². The van der Waals surface area contributed by atoms with Crippen LogP contribution in [0.1, 0.15) is 27.2 Å². The van der Waals surface area contributed by atoms with Crippen LogP contribution < -0.4 is 10.6 Å². The summed E-state index contributed by atoms with van der Waals surface area (Å²) >= 11 is 0. The van der Waals surface area contributed by atoms with Crippen molar-refractivity contribution in [1.29, 1.82) is 0 Å². The van der Waals surface area contributed by atoms with Gasteiger partial charge in [0.05, 0.1) is 0 Å². The Labute approximate surface area is 162 Å². The molecule has 142 valence electrons. The second kappa shape index (κ2) is 9.65. The van der Waals surface area contributed by atoms with Gasteiger partial charge in [-0.15, -0.1) is 0 Å². The van der Waals surface area contributed by atoms with Crippen LogP contribution in [0.2, 0.25) is 0 Å². The molecule has 1 unspecified atom stereocenters. The lowest BCUT2D eigenvalue weighted by Gasteiger charge is -2.44. The predicted octanol–water partition coefficient (Wildman–Crippen LogP) is 4.38. The summed E-state index contributed by atoms with van der Waals surface area (Å²) in [6.45, 7) is 9.43. The van der Waals surface area contributed by atoms with E-state index in [9.17, 15) is 0 Å². The standard InChI is InChI=1S/C23H35N2P/c1-23(2,3)22(25(6)19-13-18-24(4)5)26(20-14-9-7-10-15-20)21-16-11-8-12-17-21/h7-12,14-17,22H,13,18-19H2,1-6H3. The zero-order valence-electron chi connectivity index (χ0n) is 17.3. The molecule has 0 aliphatic carbocycles. The number of nitrogens with zero attached hydrogens (tertiary/aromatic N) is 2. The molecule has 0 heterocycles. The molecular weight excluding hydrogens is 335 g/mol. The SMILES string of the molecule is CN(C)CCCN(C)C(P(c1ccccc1)c1ccccc1)C(C)(C)C. The van der Waals surface area contributed by atoms with E-state index in [1.165, 1.54) is 17.0 Å². The van der Waals surface area contributed by atoms with Crippen LogP contribution in [-0.4, -0.2) is 49.8 Å². The summed E-state index contributed by atoms with van der Waals surface area (Å²) in [5, 5.41) is 2.93. The molecule has 26 heavy (non-hydrogen) atoms. The molecular formula is C23H35N2P. The molecule has 0 saturated carbocycles. The highest BCUT2D eigenvalue weighted by atomic mass is 31.1. The highest BCUT2D eigenvalue weighted by Crippen LogP contribution is 2.48. The van der Waals surface area contributed by atoms with Crippen molar-refractivity contribution in [2.24, 2.45) is 5.41 Å². The molecule has 0 aliphatic heterocycles. The smallest absolute Gasteiger partial charge is 0.0423 e. The maximum atomic E-state index is 2.61. The van der Waals surface area contributed by atoms with Gasteiger partial charge in [0.1, 0.15) is 0 Å². The van der Waals surface area contributed by atoms with E-state index in [-0.39, 0.29) is 5.41 Å². The summed E-state index contributed by atoms with van der Waals surface area (Å²) in [5.74, 6) is 0.490. The normalized spacial score (nSPS) is 13.6. The van der Waals surface area contributed by atoms with Crippen molar-refractivity contribution in [2.45, 2.75) is 33.0 Å². The molecule has 0 spiro atoms. The Balaban J connectivity index is 2.39. The Morgan fingerprint density at radius 3 is 1.62 bits per heavy atom. The third-order valence-electron chi connectivity index (χ3n) is 4.62. The molecule has 0 saturated heterocycles. The quantitative estimate of drug-likeness (QED) is 0.637. The van der Waals surface area contributed by atoms with Crippen LogP contribution in [0, 0.1) is 5.41 Å². The van der Waals surface area contributed by atoms with Crippen LogP contribution in [0.3, 0.4) is 0 Å². The fraction of sp³-hybridized carbons (Fsp3) is 0.478. The van der Waals surface area contributed by atoms with Gasteiger partial charge in [0.15, 0.2) is 0 Å². The minimum atomic E-state index is -0.461. The lowest BCUT2D eigenvalue weighted by atomic mass is 9.95. The minimum absolute atomic E-state index is 0.199. The summed E-state index contributed by atoms with van der Waals surface area (Å²) in [6, 6.07) is 22.2. The van der Waals surface area contributed by atoms with Crippen molar-refractivity contribution in [1.82, 2.24) is 9.80 Å². The van der Waals surface area contributed by atoms with E-state index >= 15 is 0 Å². The van der Waals surface area contributed by atoms with Gasteiger partial charge in [-0.05, 0) is 64.6 Å². The van der Waals surface area contributed by atoms with Gasteiger partial charge in [-0.1, -0.05) is 81.4 Å². The Morgan fingerprint density at radius 2 is 1.23 bits per heavy atom. The fourth-order valence-electron chi connectivity index (χ4n) is 3.61. The summed E-state index contributed by atoms with van der Waals surface area (Å²) in [6.07, 6.45) is 1.20. The maximum absolute atomic E-state index is 2.61. The fourth-order valence-corrected chi connectivity index (χ4v) is 6.75. The average molecular weight is 371 g/mol. The van der Waals surface area contributed by atoms with Gasteiger partial charge in [-0.25, -0.2) is 0 Å². The second-order valence-electron chi connectivity index (χ2n) is 8.42. The molecule has 1 atom stereocenters. The van der Waals surface area contributed by atoms with E-state index in [1.807, 2.05) is 0 Å². The topological polar surface area (TPSA) is 6.48 Å². The first kappa shape index (κ1) is 21.1. The van der Waals surface area contributed by atoms with Gasteiger partial charge in [0.25, 0.3) is 0 Å². The van der Waals surface area contributed by atoms with E-state index in [4.69, 9.17) is 0 Å². The third-order valence-corrected chi connectivity index (χ3v) is 7.99. The highest BCUT2D eigenvalue weighted by molar-refractivity contribution is 7.73. The van der Waals surface area contributed by atoms with Crippen LogP contribution in [0.5, 0.6) is 0 Å². The van der Waals surface area contributed by atoms with Crippen molar-refractivity contribution >= 4 is 18.5 Å². The lowest BCUT2D eigenvalue weighted by molar-refractivity contribution is 0.187. The van der Waals surface area contributed by atoms with Gasteiger partial charge < -0.3 is 4.90 Å². The number of hydrogen-bond acceptors (Lipinski definition) is 2. The number of benzene rings is 2. The molecule has 0 N–H and O–H groups in total. The predicted molar refractivity (Wildman–Crippen MR) is 118 cm³/mol. The third kappa shape index (κ3) is 5.91. The molecule has 0 amide bonds. The van der Waals surface area contributed by atoms with Crippen molar-refractivity contribution < 1.29 is 0 Å². The molecule has 3 heteroatoms. The van der Waals surface area contributed by atoms with Gasteiger partial charge >= 0.3 is 0 Å². The first-order valence-electron chi connectivity index (χ1n) is 9.55. The second-order valence-corrected chi connectivity index (χ2v) is 10.7. The Bertz CT molecular complexity index is 595. The van der Waals surface area contributed by atoms with E-state index in [0.29, 0.717) is 5.78 Å². The Kier molecular flexibility index (Phi) is 7.83. The number of hydrogen-bond donors (Lipinski definition) is 0. The Hall–Kier alpha value is -1.21. The summed E-state index contributed by atoms with van der Waals surface area (Å²) in [5.41, 5.74) is 0.199. The minimum Gasteiger partial charge on any atom is -0.309 e. The van der Waals surface area contributed by atoms with E-state index in [2.05, 4.69) is 112 Å². The first-order valence-corrected chi connectivity index (χ1v) is 11.0. The van der Waals surface area contributed by atoms with Crippen LogP contribution in [0.25, 0.3) is 0 Å². The van der Waals surface area contributed by atoms with E-state index in [1.54, 1.807) is 0 Å². The maximum Gasteiger partial charge on any atom is 0.0423 e. The Morgan fingerprint density at radius 1 is 0.769 bits per heavy atom. The molecule has 0 aromatic heterocycles. The van der Waals surface area contributed by atoms with E-state index in [0.717, 1.165) is 13.1 Å². The van der Waals surface area contributed by atoms with Crippen molar-refractivity contribution in [2.75, 3.05) is 34.2 Å². The zero-order valence-corrected chi connectivity index (χ0v) is 18.2. The summed E-state index contributed by atoms with van der Waals surface area (Å²) < 4.78 is 0. The molecule has 0 radical (unpaired) electrons. The summed E-state index contributed by atoms with van der Waals surface area (Å²) in [4.78, 5) is 4.88. The molecule has 2 nitrogen and oxygen atoms in total. The molecule has 2 rings (SSSR count). The van der Waals surface area contributed by atoms with Gasteiger partial charge in [0.2, 0.25) is 0 Å². The molecule has 2 aromatic carbocycles. The zero-order chi connectivity index (χ0) is 19.2. The van der Waals surface area contributed by atoms with Crippen LogP contribution in [-0.2, 0) is 0 Å². The lowest BCUT2D eigenvalue weighted by Crippen LogP contribution is -2.45.